The zero-order chi connectivity index (χ0) is 17.6. The van der Waals surface area contributed by atoms with Gasteiger partial charge in [-0.1, -0.05) is 18.2 Å². The maximum Gasteiger partial charge on any atom is 0.171 e. The SMILES string of the molecule is COc1cccc(NCc2nc([C@H](N)c3cccc(OC)c3)n[nH]2)c1. The summed E-state index contributed by atoms with van der Waals surface area (Å²) < 4.78 is 10.4. The van der Waals surface area contributed by atoms with E-state index in [0.29, 0.717) is 18.2 Å². The number of H-pyrrole nitrogens is 1. The number of methoxy groups -OCH3 is 2. The number of anilines is 1. The van der Waals surface area contributed by atoms with E-state index in [-0.39, 0.29) is 0 Å². The van der Waals surface area contributed by atoms with Gasteiger partial charge in [-0.25, -0.2) is 4.98 Å². The van der Waals surface area contributed by atoms with Crippen LogP contribution in [0.4, 0.5) is 5.69 Å². The largest absolute Gasteiger partial charge is 0.497 e. The first-order valence-electron chi connectivity index (χ1n) is 7.88. The third-order valence-corrected chi connectivity index (χ3v) is 3.81. The Kier molecular flexibility index (Phi) is 5.15. The lowest BCUT2D eigenvalue weighted by molar-refractivity contribution is 0.414. The molecule has 0 radical (unpaired) electrons. The molecule has 0 aliphatic carbocycles. The van der Waals surface area contributed by atoms with Crippen LogP contribution in [0.25, 0.3) is 0 Å². The molecule has 1 heterocycles. The van der Waals surface area contributed by atoms with Crippen LogP contribution in [0.1, 0.15) is 23.3 Å². The van der Waals surface area contributed by atoms with Crippen LogP contribution in [-0.4, -0.2) is 29.4 Å². The first-order valence-corrected chi connectivity index (χ1v) is 7.88. The molecule has 3 rings (SSSR count). The number of nitrogens with two attached hydrogens (primary N) is 1. The van der Waals surface area contributed by atoms with Gasteiger partial charge < -0.3 is 20.5 Å². The summed E-state index contributed by atoms with van der Waals surface area (Å²) in [6, 6.07) is 14.9. The number of benzene rings is 2. The fourth-order valence-electron chi connectivity index (χ4n) is 2.43. The molecule has 0 bridgehead atoms. The molecule has 7 heteroatoms. The van der Waals surface area contributed by atoms with E-state index in [1.165, 1.54) is 0 Å². The second-order valence-corrected chi connectivity index (χ2v) is 5.48. The number of aromatic nitrogens is 3. The van der Waals surface area contributed by atoms with Crippen molar-refractivity contribution in [1.29, 1.82) is 0 Å². The van der Waals surface area contributed by atoms with Crippen LogP contribution < -0.4 is 20.5 Å². The van der Waals surface area contributed by atoms with E-state index >= 15 is 0 Å². The lowest BCUT2D eigenvalue weighted by Gasteiger charge is -2.09. The van der Waals surface area contributed by atoms with Gasteiger partial charge in [-0.3, -0.25) is 5.10 Å². The smallest absolute Gasteiger partial charge is 0.171 e. The highest BCUT2D eigenvalue weighted by Crippen LogP contribution is 2.21. The van der Waals surface area contributed by atoms with Gasteiger partial charge in [0.15, 0.2) is 5.82 Å². The van der Waals surface area contributed by atoms with Gasteiger partial charge >= 0.3 is 0 Å². The van der Waals surface area contributed by atoms with Crippen molar-refractivity contribution in [2.45, 2.75) is 12.6 Å². The molecule has 0 aliphatic heterocycles. The van der Waals surface area contributed by atoms with Crippen molar-refractivity contribution in [3.63, 3.8) is 0 Å². The van der Waals surface area contributed by atoms with E-state index in [1.807, 2.05) is 48.5 Å². The lowest BCUT2D eigenvalue weighted by atomic mass is 10.1. The Balaban J connectivity index is 1.67. The summed E-state index contributed by atoms with van der Waals surface area (Å²) in [5, 5.41) is 10.4. The molecule has 0 aliphatic rings. The van der Waals surface area contributed by atoms with Crippen LogP contribution in [0.3, 0.4) is 0 Å². The predicted molar refractivity (Wildman–Crippen MR) is 95.7 cm³/mol. The maximum absolute atomic E-state index is 6.26. The molecule has 4 N–H and O–H groups in total. The van der Waals surface area contributed by atoms with Crippen molar-refractivity contribution in [2.75, 3.05) is 19.5 Å². The zero-order valence-electron chi connectivity index (χ0n) is 14.2. The molecular formula is C18H21N5O2. The van der Waals surface area contributed by atoms with Crippen molar-refractivity contribution >= 4 is 5.69 Å². The highest BCUT2D eigenvalue weighted by atomic mass is 16.5. The number of rotatable bonds is 7. The second kappa shape index (κ2) is 7.67. The van der Waals surface area contributed by atoms with E-state index in [1.54, 1.807) is 14.2 Å². The van der Waals surface area contributed by atoms with E-state index in [2.05, 4.69) is 20.5 Å². The number of nitrogens with one attached hydrogen (secondary N) is 2. The average molecular weight is 339 g/mol. The molecule has 7 nitrogen and oxygen atoms in total. The Labute approximate surface area is 146 Å². The Morgan fingerprint density at radius 2 is 1.80 bits per heavy atom. The van der Waals surface area contributed by atoms with Crippen molar-refractivity contribution in [3.05, 3.63) is 65.7 Å². The van der Waals surface area contributed by atoms with Gasteiger partial charge in [0.1, 0.15) is 17.3 Å². The van der Waals surface area contributed by atoms with Crippen LogP contribution in [0, 0.1) is 0 Å². The average Bonchev–Trinajstić information content (AvgIpc) is 3.15. The Morgan fingerprint density at radius 3 is 2.56 bits per heavy atom. The Bertz CT molecular complexity index is 834. The zero-order valence-corrected chi connectivity index (χ0v) is 14.2. The minimum atomic E-state index is -0.420. The monoisotopic (exact) mass is 339 g/mol. The lowest BCUT2D eigenvalue weighted by Crippen LogP contribution is -2.14. The number of ether oxygens (including phenoxy) is 2. The summed E-state index contributed by atoms with van der Waals surface area (Å²) in [5.74, 6) is 2.79. The summed E-state index contributed by atoms with van der Waals surface area (Å²) in [7, 11) is 3.27. The van der Waals surface area contributed by atoms with Gasteiger partial charge in [0.2, 0.25) is 0 Å². The van der Waals surface area contributed by atoms with Crippen LogP contribution >= 0.6 is 0 Å². The summed E-state index contributed by atoms with van der Waals surface area (Å²) in [5.41, 5.74) is 8.09. The summed E-state index contributed by atoms with van der Waals surface area (Å²) in [6.45, 7) is 0.505. The third kappa shape index (κ3) is 4.07. The van der Waals surface area contributed by atoms with Crippen molar-refractivity contribution < 1.29 is 9.47 Å². The van der Waals surface area contributed by atoms with Gasteiger partial charge in [-0.15, -0.1) is 0 Å². The van der Waals surface area contributed by atoms with Gasteiger partial charge in [0, 0.05) is 11.8 Å². The molecule has 2 aromatic carbocycles. The molecule has 0 amide bonds. The first kappa shape index (κ1) is 16.8. The number of hydrogen-bond donors (Lipinski definition) is 3. The number of aromatic amines is 1. The van der Waals surface area contributed by atoms with Gasteiger partial charge in [-0.05, 0) is 29.8 Å². The summed E-state index contributed by atoms with van der Waals surface area (Å²) in [4.78, 5) is 4.47. The van der Waals surface area contributed by atoms with Crippen LogP contribution in [0.2, 0.25) is 0 Å². The fraction of sp³-hybridized carbons (Fsp3) is 0.222. The molecule has 130 valence electrons. The highest BCUT2D eigenvalue weighted by molar-refractivity contribution is 5.48. The van der Waals surface area contributed by atoms with E-state index < -0.39 is 6.04 Å². The number of nitrogens with zero attached hydrogens (tertiary/aromatic N) is 2. The topological polar surface area (TPSA) is 98.1 Å². The predicted octanol–water partition coefficient (Wildman–Crippen LogP) is 2.48. The molecule has 0 saturated carbocycles. The Hall–Kier alpha value is -3.06. The van der Waals surface area contributed by atoms with Crippen LogP contribution in [0.15, 0.2) is 48.5 Å². The second-order valence-electron chi connectivity index (χ2n) is 5.48. The summed E-state index contributed by atoms with van der Waals surface area (Å²) >= 11 is 0. The molecule has 1 aromatic heterocycles. The van der Waals surface area contributed by atoms with Crippen LogP contribution in [0.5, 0.6) is 11.5 Å². The van der Waals surface area contributed by atoms with Crippen molar-refractivity contribution in [2.24, 2.45) is 5.73 Å². The van der Waals surface area contributed by atoms with Crippen LogP contribution in [-0.2, 0) is 6.54 Å². The van der Waals surface area contributed by atoms with E-state index in [9.17, 15) is 0 Å². The minimum absolute atomic E-state index is 0.420. The first-order chi connectivity index (χ1) is 12.2. The third-order valence-electron chi connectivity index (χ3n) is 3.81. The fourth-order valence-corrected chi connectivity index (χ4v) is 2.43. The summed E-state index contributed by atoms with van der Waals surface area (Å²) in [6.07, 6.45) is 0. The molecule has 0 saturated heterocycles. The van der Waals surface area contributed by atoms with Gasteiger partial charge in [0.25, 0.3) is 0 Å². The minimum Gasteiger partial charge on any atom is -0.497 e. The molecule has 0 fully saturated rings. The Morgan fingerprint density at radius 1 is 1.08 bits per heavy atom. The normalized spacial score (nSPS) is 11.8. The molecule has 25 heavy (non-hydrogen) atoms. The van der Waals surface area contributed by atoms with Crippen molar-refractivity contribution in [1.82, 2.24) is 15.2 Å². The molecular weight excluding hydrogens is 318 g/mol. The standard InChI is InChI=1S/C18H21N5O2/c1-24-14-7-3-5-12(9-14)17(19)18-21-16(22-23-18)11-20-13-6-4-8-15(10-13)25-2/h3-10,17,20H,11,19H2,1-2H3,(H,21,22,23)/t17-/m1/s1. The molecule has 0 spiro atoms. The quantitative estimate of drug-likeness (QED) is 0.612. The molecule has 1 atom stereocenters. The molecule has 3 aromatic rings. The highest BCUT2D eigenvalue weighted by Gasteiger charge is 2.15. The van der Waals surface area contributed by atoms with Gasteiger partial charge in [0.05, 0.1) is 26.8 Å². The van der Waals surface area contributed by atoms with Gasteiger partial charge in [-0.2, -0.15) is 5.10 Å². The molecule has 0 unspecified atom stereocenters. The number of hydrogen-bond acceptors (Lipinski definition) is 6. The van der Waals surface area contributed by atoms with E-state index in [4.69, 9.17) is 15.2 Å². The van der Waals surface area contributed by atoms with E-state index in [0.717, 1.165) is 22.7 Å². The van der Waals surface area contributed by atoms with Crippen molar-refractivity contribution in [3.8, 4) is 11.5 Å². The maximum atomic E-state index is 6.26.